The zero-order chi connectivity index (χ0) is 19.6. The Morgan fingerprint density at radius 1 is 1.30 bits per heavy atom. The van der Waals surface area contributed by atoms with E-state index in [1.165, 1.54) is 10.9 Å². The Balaban J connectivity index is 1.48. The van der Waals surface area contributed by atoms with Gasteiger partial charge >= 0.3 is 6.18 Å². The van der Waals surface area contributed by atoms with E-state index >= 15 is 0 Å². The summed E-state index contributed by atoms with van der Waals surface area (Å²) in [4.78, 5) is 11.8. The number of nitrogens with one attached hydrogen (secondary N) is 1. The number of aromatic nitrogens is 4. The molecule has 0 atom stereocenters. The van der Waals surface area contributed by atoms with E-state index in [4.69, 9.17) is 23.2 Å². The Morgan fingerprint density at radius 3 is 2.63 bits per heavy atom. The second-order valence-corrected chi connectivity index (χ2v) is 7.23. The van der Waals surface area contributed by atoms with Gasteiger partial charge in [0.1, 0.15) is 0 Å². The topological polar surface area (TPSA) is 64.7 Å². The maximum absolute atomic E-state index is 13.0. The monoisotopic (exact) mass is 423 g/mol. The van der Waals surface area contributed by atoms with Gasteiger partial charge in [0.2, 0.25) is 5.91 Å². The van der Waals surface area contributed by atoms with Crippen LogP contribution in [0, 0.1) is 0 Å². The molecule has 0 radical (unpaired) electrons. The molecule has 1 aliphatic rings. The number of halogens is 5. The molecule has 1 N–H and O–H groups in total. The van der Waals surface area contributed by atoms with Crippen LogP contribution >= 0.6 is 23.2 Å². The maximum Gasteiger partial charge on any atom is 0.436 e. The molecule has 0 aliphatic heterocycles. The minimum Gasteiger partial charge on any atom is -0.356 e. The van der Waals surface area contributed by atoms with E-state index in [0.29, 0.717) is 30.2 Å². The lowest BCUT2D eigenvalue weighted by Gasteiger charge is -2.08. The number of aryl methyl sites for hydroxylation is 2. The summed E-state index contributed by atoms with van der Waals surface area (Å²) in [6.45, 7) is 0.992. The first-order chi connectivity index (χ1) is 12.8. The van der Waals surface area contributed by atoms with Crippen LogP contribution in [0.5, 0.6) is 0 Å². The van der Waals surface area contributed by atoms with Gasteiger partial charge in [-0.1, -0.05) is 23.2 Å². The van der Waals surface area contributed by atoms with Crippen LogP contribution < -0.4 is 5.32 Å². The van der Waals surface area contributed by atoms with E-state index in [0.717, 1.165) is 12.8 Å². The van der Waals surface area contributed by atoms with Crippen molar-refractivity contribution in [2.75, 3.05) is 6.54 Å². The van der Waals surface area contributed by atoms with Gasteiger partial charge in [-0.2, -0.15) is 23.4 Å². The second kappa shape index (κ2) is 8.10. The number of nitrogens with zero attached hydrogens (tertiary/aromatic N) is 4. The molecular formula is C16H18Cl2F3N5O. The number of carbonyl (C=O) groups is 1. The predicted molar refractivity (Wildman–Crippen MR) is 93.7 cm³/mol. The highest BCUT2D eigenvalue weighted by Gasteiger charge is 2.41. The molecule has 148 valence electrons. The molecule has 11 heteroatoms. The van der Waals surface area contributed by atoms with E-state index < -0.39 is 11.9 Å². The third kappa shape index (κ3) is 5.16. The first-order valence-corrected chi connectivity index (χ1v) is 9.29. The summed E-state index contributed by atoms with van der Waals surface area (Å²) in [6.07, 6.45) is 0.851. The van der Waals surface area contributed by atoms with E-state index in [1.807, 2.05) is 0 Å². The van der Waals surface area contributed by atoms with Crippen molar-refractivity contribution in [3.63, 3.8) is 0 Å². The minimum absolute atomic E-state index is 0.0385. The number of carbonyl (C=O) groups excluding carboxylic acids is 1. The molecule has 1 saturated carbocycles. The van der Waals surface area contributed by atoms with Crippen LogP contribution in [0.2, 0.25) is 10.0 Å². The summed E-state index contributed by atoms with van der Waals surface area (Å²) >= 11 is 11.7. The van der Waals surface area contributed by atoms with E-state index in [9.17, 15) is 18.0 Å². The van der Waals surface area contributed by atoms with Crippen LogP contribution in [0.3, 0.4) is 0 Å². The van der Waals surface area contributed by atoms with Crippen molar-refractivity contribution >= 4 is 29.1 Å². The molecule has 0 spiro atoms. The largest absolute Gasteiger partial charge is 0.436 e. The van der Waals surface area contributed by atoms with Crippen molar-refractivity contribution in [2.45, 2.75) is 50.9 Å². The zero-order valence-electron chi connectivity index (χ0n) is 14.3. The molecule has 2 heterocycles. The van der Waals surface area contributed by atoms with Crippen molar-refractivity contribution in [2.24, 2.45) is 0 Å². The Bertz CT molecular complexity index is 814. The van der Waals surface area contributed by atoms with Crippen LogP contribution in [-0.4, -0.2) is 32.0 Å². The lowest BCUT2D eigenvalue weighted by atomic mass is 10.2. The van der Waals surface area contributed by atoms with Gasteiger partial charge in [-0.05, 0) is 19.3 Å². The van der Waals surface area contributed by atoms with Crippen molar-refractivity contribution in [1.29, 1.82) is 0 Å². The molecule has 1 fully saturated rings. The average Bonchev–Trinajstić information content (AvgIpc) is 3.24. The average molecular weight is 424 g/mol. The van der Waals surface area contributed by atoms with Gasteiger partial charge in [-0.15, -0.1) is 0 Å². The molecule has 1 amide bonds. The number of hydrogen-bond acceptors (Lipinski definition) is 3. The molecule has 0 bridgehead atoms. The van der Waals surface area contributed by atoms with Gasteiger partial charge < -0.3 is 5.32 Å². The van der Waals surface area contributed by atoms with E-state index in [1.54, 1.807) is 10.9 Å². The zero-order valence-corrected chi connectivity index (χ0v) is 15.8. The van der Waals surface area contributed by atoms with Crippen molar-refractivity contribution in [1.82, 2.24) is 24.9 Å². The van der Waals surface area contributed by atoms with E-state index in [2.05, 4.69) is 15.5 Å². The fourth-order valence-corrected chi connectivity index (χ4v) is 3.33. The first-order valence-electron chi connectivity index (χ1n) is 8.53. The number of amides is 1. The summed E-state index contributed by atoms with van der Waals surface area (Å²) in [5, 5.41) is 10.6. The van der Waals surface area contributed by atoms with Gasteiger partial charge in [0.25, 0.3) is 0 Å². The number of hydrogen-bond donors (Lipinski definition) is 1. The highest BCUT2D eigenvalue weighted by atomic mass is 35.5. The van der Waals surface area contributed by atoms with Gasteiger partial charge in [0.05, 0.1) is 21.9 Å². The molecule has 0 aromatic carbocycles. The molecule has 3 rings (SSSR count). The van der Waals surface area contributed by atoms with E-state index in [-0.39, 0.29) is 29.8 Å². The fraction of sp³-hybridized carbons (Fsp3) is 0.562. The summed E-state index contributed by atoms with van der Waals surface area (Å²) < 4.78 is 41.9. The minimum atomic E-state index is -4.57. The fourth-order valence-electron chi connectivity index (χ4n) is 2.77. The van der Waals surface area contributed by atoms with Gasteiger partial charge in [0, 0.05) is 38.2 Å². The SMILES string of the molecule is O=C(CCn1cc(Cl)cn1)NCCCn1nc(C(F)(F)F)c(Cl)c1C1CC1. The number of alkyl halides is 3. The van der Waals surface area contributed by atoms with Crippen LogP contribution in [0.15, 0.2) is 12.4 Å². The Morgan fingerprint density at radius 2 is 2.04 bits per heavy atom. The van der Waals surface area contributed by atoms with Crippen LogP contribution in [0.25, 0.3) is 0 Å². The third-order valence-electron chi connectivity index (χ3n) is 4.20. The summed E-state index contributed by atoms with van der Waals surface area (Å²) in [6, 6.07) is 0. The lowest BCUT2D eigenvalue weighted by Crippen LogP contribution is -2.26. The summed E-state index contributed by atoms with van der Waals surface area (Å²) in [7, 11) is 0. The molecule has 1 aliphatic carbocycles. The van der Waals surface area contributed by atoms with Gasteiger partial charge in [-0.25, -0.2) is 0 Å². The summed E-state index contributed by atoms with van der Waals surface area (Å²) in [5.74, 6) is -0.130. The third-order valence-corrected chi connectivity index (χ3v) is 4.77. The molecule has 0 saturated heterocycles. The molecule has 27 heavy (non-hydrogen) atoms. The standard InChI is InChI=1S/C16H18Cl2F3N5O/c17-11-8-23-25(9-11)7-4-12(27)22-5-1-6-26-14(10-2-3-10)13(18)15(24-26)16(19,20)21/h8-10H,1-7H2,(H,22,27). The van der Waals surface area contributed by atoms with Crippen molar-refractivity contribution in [3.8, 4) is 0 Å². The van der Waals surface area contributed by atoms with Crippen LogP contribution in [0.4, 0.5) is 13.2 Å². The number of rotatable bonds is 8. The van der Waals surface area contributed by atoms with Crippen LogP contribution in [-0.2, 0) is 24.1 Å². The summed E-state index contributed by atoms with van der Waals surface area (Å²) in [5.41, 5.74) is -0.584. The van der Waals surface area contributed by atoms with Crippen molar-refractivity contribution < 1.29 is 18.0 Å². The van der Waals surface area contributed by atoms with Crippen LogP contribution in [0.1, 0.15) is 43.0 Å². The van der Waals surface area contributed by atoms with Gasteiger partial charge in [0.15, 0.2) is 5.69 Å². The molecule has 2 aromatic rings. The first kappa shape index (κ1) is 20.0. The molecule has 2 aromatic heterocycles. The highest BCUT2D eigenvalue weighted by molar-refractivity contribution is 6.32. The normalized spacial score (nSPS) is 14.6. The maximum atomic E-state index is 13.0. The highest BCUT2D eigenvalue weighted by Crippen LogP contribution is 2.46. The second-order valence-electron chi connectivity index (χ2n) is 6.42. The Labute approximate surface area is 163 Å². The Kier molecular flexibility index (Phi) is 6.00. The molecule has 0 unspecified atom stereocenters. The van der Waals surface area contributed by atoms with Crippen molar-refractivity contribution in [3.05, 3.63) is 33.8 Å². The molecular weight excluding hydrogens is 406 g/mol. The van der Waals surface area contributed by atoms with Gasteiger partial charge in [-0.3, -0.25) is 14.2 Å². The smallest absolute Gasteiger partial charge is 0.356 e. The lowest BCUT2D eigenvalue weighted by molar-refractivity contribution is -0.141. The Hall–Kier alpha value is -1.74. The quantitative estimate of drug-likeness (QED) is 0.655. The predicted octanol–water partition coefficient (Wildman–Crippen LogP) is 3.88. The molecule has 6 nitrogen and oxygen atoms in total.